The van der Waals surface area contributed by atoms with Gasteiger partial charge in [-0.25, -0.2) is 0 Å². The van der Waals surface area contributed by atoms with Crippen molar-refractivity contribution in [3.8, 4) is 0 Å². The second kappa shape index (κ2) is 12.4. The van der Waals surface area contributed by atoms with E-state index < -0.39 is 17.5 Å². The largest absolute Gasteiger partial charge is 0.481 e. The predicted molar refractivity (Wildman–Crippen MR) is 121 cm³/mol. The normalized spacial score (nSPS) is 23.5. The van der Waals surface area contributed by atoms with E-state index in [4.69, 9.17) is 5.11 Å². The van der Waals surface area contributed by atoms with Crippen LogP contribution in [0.2, 0.25) is 0 Å². The van der Waals surface area contributed by atoms with Gasteiger partial charge in [0.15, 0.2) is 0 Å². The van der Waals surface area contributed by atoms with Crippen molar-refractivity contribution in [1.29, 1.82) is 0 Å². The molecule has 31 heavy (non-hydrogen) atoms. The number of carboxylic acid groups (broad SMARTS) is 1. The van der Waals surface area contributed by atoms with Crippen molar-refractivity contribution < 1.29 is 24.6 Å². The second-order valence-electron chi connectivity index (χ2n) is 10.1. The van der Waals surface area contributed by atoms with Crippen molar-refractivity contribution >= 4 is 17.7 Å². The maximum absolute atomic E-state index is 12.6. The number of piperidine rings is 1. The van der Waals surface area contributed by atoms with Gasteiger partial charge in [-0.05, 0) is 44.4 Å². The van der Waals surface area contributed by atoms with E-state index in [2.05, 4.69) is 0 Å². The van der Waals surface area contributed by atoms with Crippen LogP contribution in [0.4, 0.5) is 0 Å². The van der Waals surface area contributed by atoms with Crippen molar-refractivity contribution in [2.45, 2.75) is 97.0 Å². The highest BCUT2D eigenvalue weighted by atomic mass is 16.4. The first-order chi connectivity index (χ1) is 14.7. The quantitative estimate of drug-likeness (QED) is 0.351. The van der Waals surface area contributed by atoms with Crippen LogP contribution >= 0.6 is 0 Å². The maximum atomic E-state index is 12.6. The van der Waals surface area contributed by atoms with Crippen LogP contribution in [0.25, 0.3) is 0 Å². The van der Waals surface area contributed by atoms with E-state index in [0.717, 1.165) is 58.0 Å². The monoisotopic (exact) mass is 435 g/mol. The van der Waals surface area contributed by atoms with E-state index in [-0.39, 0.29) is 24.2 Å². The third kappa shape index (κ3) is 8.40. The number of hydrogen-bond acceptors (Lipinski definition) is 4. The summed E-state index contributed by atoms with van der Waals surface area (Å²) >= 11 is 0. The molecular weight excluding hydrogens is 394 g/mol. The van der Waals surface area contributed by atoms with Crippen molar-refractivity contribution in [2.24, 2.45) is 17.3 Å². The molecule has 6 nitrogen and oxygen atoms in total. The molecular formula is C25H41NO5. The summed E-state index contributed by atoms with van der Waals surface area (Å²) in [6, 6.07) is 0. The zero-order chi connectivity index (χ0) is 22.9. The fourth-order valence-electron chi connectivity index (χ4n) is 4.79. The van der Waals surface area contributed by atoms with E-state index in [1.54, 1.807) is 6.08 Å². The number of hydrogen-bond donors (Lipinski definition) is 2. The number of nitrogens with zero attached hydrogens (tertiary/aromatic N) is 1. The number of Topliss-reactive ketones (excluding diaryl/α,β-unsaturated/α-hetero) is 1. The van der Waals surface area contributed by atoms with E-state index in [9.17, 15) is 19.5 Å². The van der Waals surface area contributed by atoms with E-state index in [1.165, 1.54) is 6.42 Å². The lowest BCUT2D eigenvalue weighted by molar-refractivity contribution is -0.137. The third-order valence-corrected chi connectivity index (χ3v) is 6.97. The van der Waals surface area contributed by atoms with E-state index in [1.807, 2.05) is 24.8 Å². The molecule has 2 fully saturated rings. The van der Waals surface area contributed by atoms with Crippen LogP contribution in [0.15, 0.2) is 12.2 Å². The first-order valence-corrected chi connectivity index (χ1v) is 12.1. The third-order valence-electron chi connectivity index (χ3n) is 6.97. The van der Waals surface area contributed by atoms with Gasteiger partial charge in [-0.2, -0.15) is 0 Å². The molecule has 1 amide bonds. The average molecular weight is 436 g/mol. The molecule has 1 aliphatic heterocycles. The second-order valence-corrected chi connectivity index (χ2v) is 10.1. The zero-order valence-electron chi connectivity index (χ0n) is 19.4. The van der Waals surface area contributed by atoms with Gasteiger partial charge < -0.3 is 15.1 Å². The highest BCUT2D eigenvalue weighted by Crippen LogP contribution is 2.35. The number of rotatable bonds is 12. The predicted octanol–water partition coefficient (Wildman–Crippen LogP) is 4.35. The van der Waals surface area contributed by atoms with Gasteiger partial charge in [-0.1, -0.05) is 45.3 Å². The molecule has 2 rings (SSSR count). The van der Waals surface area contributed by atoms with Crippen LogP contribution in [0.1, 0.15) is 90.9 Å². The number of likely N-dealkylation sites (tertiary alicyclic amines) is 1. The smallest absolute Gasteiger partial charge is 0.303 e. The Morgan fingerprint density at radius 3 is 2.48 bits per heavy atom. The molecule has 1 saturated heterocycles. The topological polar surface area (TPSA) is 94.9 Å². The lowest BCUT2D eigenvalue weighted by Crippen LogP contribution is -2.40. The minimum atomic E-state index is -0.754. The molecule has 6 heteroatoms. The summed E-state index contributed by atoms with van der Waals surface area (Å²) in [5, 5.41) is 19.5. The summed E-state index contributed by atoms with van der Waals surface area (Å²) in [5.41, 5.74) is -0.548. The number of carboxylic acids is 1. The van der Waals surface area contributed by atoms with Gasteiger partial charge in [-0.3, -0.25) is 14.4 Å². The van der Waals surface area contributed by atoms with Gasteiger partial charge in [0.25, 0.3) is 0 Å². The van der Waals surface area contributed by atoms with Crippen molar-refractivity contribution in [3.63, 3.8) is 0 Å². The van der Waals surface area contributed by atoms with Gasteiger partial charge >= 0.3 is 5.97 Å². The number of ketones is 1. The summed E-state index contributed by atoms with van der Waals surface area (Å²) in [6.45, 7) is 5.50. The standard InChI is InChI=1S/C25H41NO5/c1-25(2,18-23(29)26-16-8-5-9-17-26)22(28)15-13-19-12-14-21(27)20(19)10-6-3-4-7-11-24(30)31/h13,15,19-20,22,28H,3-12,14,16-18H2,1-2H3,(H,30,31). The summed E-state index contributed by atoms with van der Waals surface area (Å²) < 4.78 is 0. The Labute approximate surface area is 187 Å². The first kappa shape index (κ1) is 25.6. The van der Waals surface area contributed by atoms with Gasteiger partial charge in [0.2, 0.25) is 5.91 Å². The number of allylic oxidation sites excluding steroid dienone is 1. The summed E-state index contributed by atoms with van der Waals surface area (Å²) in [7, 11) is 0. The Bertz CT molecular complexity index is 636. The van der Waals surface area contributed by atoms with Gasteiger partial charge in [0.05, 0.1) is 6.10 Å². The number of aliphatic hydroxyl groups excluding tert-OH is 1. The van der Waals surface area contributed by atoms with Crippen molar-refractivity contribution in [3.05, 3.63) is 12.2 Å². The first-order valence-electron chi connectivity index (χ1n) is 12.1. The maximum Gasteiger partial charge on any atom is 0.303 e. The minimum Gasteiger partial charge on any atom is -0.481 e. The molecule has 0 bridgehead atoms. The molecule has 2 aliphatic rings. The zero-order valence-corrected chi connectivity index (χ0v) is 19.4. The number of aliphatic hydroxyl groups is 1. The Hall–Kier alpha value is -1.69. The number of amides is 1. The number of aliphatic carboxylic acids is 1. The van der Waals surface area contributed by atoms with Crippen LogP contribution in [-0.4, -0.2) is 52.0 Å². The van der Waals surface area contributed by atoms with Gasteiger partial charge in [-0.15, -0.1) is 0 Å². The van der Waals surface area contributed by atoms with Crippen molar-refractivity contribution in [2.75, 3.05) is 13.1 Å². The molecule has 0 aromatic rings. The summed E-state index contributed by atoms with van der Waals surface area (Å²) in [5.74, 6) is -0.186. The molecule has 1 saturated carbocycles. The number of carbonyl (C=O) groups excluding carboxylic acids is 2. The average Bonchev–Trinajstić information content (AvgIpc) is 3.08. The lowest BCUT2D eigenvalue weighted by Gasteiger charge is -2.33. The molecule has 0 spiro atoms. The van der Waals surface area contributed by atoms with Crippen LogP contribution in [0.3, 0.4) is 0 Å². The Kier molecular flexibility index (Phi) is 10.2. The molecule has 176 valence electrons. The van der Waals surface area contributed by atoms with Crippen LogP contribution in [-0.2, 0) is 14.4 Å². The van der Waals surface area contributed by atoms with Crippen LogP contribution in [0.5, 0.6) is 0 Å². The molecule has 0 aromatic heterocycles. The van der Waals surface area contributed by atoms with E-state index >= 15 is 0 Å². The van der Waals surface area contributed by atoms with E-state index in [0.29, 0.717) is 25.0 Å². The van der Waals surface area contributed by atoms with Gasteiger partial charge in [0, 0.05) is 43.7 Å². The number of unbranched alkanes of at least 4 members (excludes halogenated alkanes) is 3. The molecule has 2 N–H and O–H groups in total. The Morgan fingerprint density at radius 2 is 1.81 bits per heavy atom. The molecule has 0 aromatic carbocycles. The highest BCUT2D eigenvalue weighted by molar-refractivity contribution is 5.83. The summed E-state index contributed by atoms with van der Waals surface area (Å²) in [6.07, 6.45) is 12.6. The molecule has 0 radical (unpaired) electrons. The van der Waals surface area contributed by atoms with Crippen molar-refractivity contribution in [1.82, 2.24) is 4.90 Å². The number of carbonyl (C=O) groups is 3. The minimum absolute atomic E-state index is 0.000942. The van der Waals surface area contributed by atoms with Gasteiger partial charge in [0.1, 0.15) is 5.78 Å². The SMILES string of the molecule is CC(C)(CC(=O)N1CCCCC1)C(O)C=CC1CCC(=O)C1CCCCCCC(=O)O. The molecule has 1 heterocycles. The molecule has 1 aliphatic carbocycles. The molecule has 3 unspecified atom stereocenters. The summed E-state index contributed by atoms with van der Waals surface area (Å²) in [4.78, 5) is 37.4. The molecule has 3 atom stereocenters. The fraction of sp³-hybridized carbons (Fsp3) is 0.800. The fourth-order valence-corrected chi connectivity index (χ4v) is 4.79. The van der Waals surface area contributed by atoms with Crippen LogP contribution in [0, 0.1) is 17.3 Å². The Morgan fingerprint density at radius 1 is 1.13 bits per heavy atom. The van der Waals surface area contributed by atoms with Crippen LogP contribution < -0.4 is 0 Å². The highest BCUT2D eigenvalue weighted by Gasteiger charge is 2.34. The Balaban J connectivity index is 1.81. The lowest BCUT2D eigenvalue weighted by atomic mass is 9.81.